The number of fused-ring (bicyclic) bond motifs is 1. The molecule has 2 heterocycles. The van der Waals surface area contributed by atoms with E-state index in [0.29, 0.717) is 22.7 Å². The van der Waals surface area contributed by atoms with Crippen LogP contribution < -0.4 is 10.9 Å². The van der Waals surface area contributed by atoms with Gasteiger partial charge in [-0.3, -0.25) is 9.59 Å². The highest BCUT2D eigenvalue weighted by molar-refractivity contribution is 5.94. The summed E-state index contributed by atoms with van der Waals surface area (Å²) in [5.41, 5.74) is 2.55. The molecule has 2 aliphatic carbocycles. The van der Waals surface area contributed by atoms with Crippen molar-refractivity contribution in [2.24, 2.45) is 5.41 Å². The lowest BCUT2D eigenvalue weighted by molar-refractivity contribution is -0.0196. The van der Waals surface area contributed by atoms with E-state index in [1.54, 1.807) is 12.1 Å². The van der Waals surface area contributed by atoms with Crippen LogP contribution >= 0.6 is 0 Å². The van der Waals surface area contributed by atoms with Crippen LogP contribution in [0, 0.1) is 5.41 Å². The molecule has 3 N–H and O–H groups in total. The molecule has 2 aromatic carbocycles. The van der Waals surface area contributed by atoms with E-state index in [2.05, 4.69) is 36.1 Å². The summed E-state index contributed by atoms with van der Waals surface area (Å²) < 4.78 is 0. The molecule has 160 valence electrons. The van der Waals surface area contributed by atoms with Gasteiger partial charge >= 0.3 is 0 Å². The first-order valence-corrected chi connectivity index (χ1v) is 10.7. The van der Waals surface area contributed by atoms with Gasteiger partial charge in [0.15, 0.2) is 0 Å². The molecule has 32 heavy (non-hydrogen) atoms. The van der Waals surface area contributed by atoms with Gasteiger partial charge in [-0.25, -0.2) is 5.10 Å². The Hall–Kier alpha value is -3.88. The molecule has 0 unspecified atom stereocenters. The fourth-order valence-corrected chi connectivity index (χ4v) is 5.37. The molecule has 0 saturated heterocycles. The topological polar surface area (TPSA) is 129 Å². The zero-order chi connectivity index (χ0) is 21.7. The second-order valence-electron chi connectivity index (χ2n) is 8.98. The summed E-state index contributed by atoms with van der Waals surface area (Å²) in [4.78, 5) is 24.6. The molecule has 2 aliphatic rings. The Labute approximate surface area is 182 Å². The van der Waals surface area contributed by atoms with E-state index in [1.165, 1.54) is 0 Å². The first-order chi connectivity index (χ1) is 15.6. The summed E-state index contributed by atoms with van der Waals surface area (Å²) in [6.07, 6.45) is 4.05. The lowest BCUT2D eigenvalue weighted by Crippen LogP contribution is -2.55. The Morgan fingerprint density at radius 2 is 1.72 bits per heavy atom. The van der Waals surface area contributed by atoms with Crippen LogP contribution in [-0.4, -0.2) is 42.8 Å². The van der Waals surface area contributed by atoms with Crippen molar-refractivity contribution >= 4 is 16.7 Å². The molecule has 1 amide bonds. The molecule has 1 spiro atoms. The Balaban J connectivity index is 1.07. The lowest BCUT2D eigenvalue weighted by Gasteiger charge is -2.57. The molecule has 4 aromatic rings. The SMILES string of the molecule is O=C(NC1CC2(C1)CC(c1n[nH]c(=O)c3ccccc13)C2)c1ccc(-c2nn[nH]n2)cc1. The van der Waals surface area contributed by atoms with E-state index in [4.69, 9.17) is 0 Å². The zero-order valence-corrected chi connectivity index (χ0v) is 17.2. The van der Waals surface area contributed by atoms with E-state index in [-0.39, 0.29) is 22.9 Å². The molecule has 2 fully saturated rings. The van der Waals surface area contributed by atoms with Crippen molar-refractivity contribution in [2.75, 3.05) is 0 Å². The number of H-pyrrole nitrogens is 2. The van der Waals surface area contributed by atoms with Crippen molar-refractivity contribution in [1.82, 2.24) is 36.1 Å². The number of hydrogen-bond donors (Lipinski definition) is 3. The smallest absolute Gasteiger partial charge is 0.272 e. The van der Waals surface area contributed by atoms with Gasteiger partial charge in [-0.05, 0) is 54.5 Å². The third-order valence-electron chi connectivity index (χ3n) is 6.92. The van der Waals surface area contributed by atoms with Gasteiger partial charge in [0.05, 0.1) is 11.1 Å². The minimum atomic E-state index is -0.143. The van der Waals surface area contributed by atoms with E-state index in [1.807, 2.05) is 36.4 Å². The first kappa shape index (κ1) is 18.9. The molecule has 9 nitrogen and oxygen atoms in total. The molecule has 0 radical (unpaired) electrons. The van der Waals surface area contributed by atoms with E-state index in [9.17, 15) is 9.59 Å². The van der Waals surface area contributed by atoms with Gasteiger partial charge in [0.1, 0.15) is 0 Å². The van der Waals surface area contributed by atoms with Crippen LogP contribution in [0.15, 0.2) is 53.3 Å². The Bertz CT molecular complexity index is 1350. The van der Waals surface area contributed by atoms with Crippen LogP contribution in [0.3, 0.4) is 0 Å². The maximum atomic E-state index is 12.6. The van der Waals surface area contributed by atoms with Crippen molar-refractivity contribution in [1.29, 1.82) is 0 Å². The van der Waals surface area contributed by atoms with Gasteiger partial charge in [-0.15, -0.1) is 10.2 Å². The molecule has 6 rings (SSSR count). The maximum absolute atomic E-state index is 12.6. The van der Waals surface area contributed by atoms with E-state index in [0.717, 1.165) is 42.3 Å². The normalized spacial score (nSPS) is 24.1. The number of hydrogen-bond acceptors (Lipinski definition) is 6. The minimum absolute atomic E-state index is 0.0614. The summed E-state index contributed by atoms with van der Waals surface area (Å²) >= 11 is 0. The van der Waals surface area contributed by atoms with E-state index >= 15 is 0 Å². The standard InChI is InChI=1S/C23H21N7O2/c31-21(14-7-5-13(6-8-14)20-26-29-30-27-20)24-16-11-23(12-16)9-15(10-23)19-17-3-1-2-4-18(17)22(32)28-25-19/h1-8,15-16H,9-12H2,(H,24,31)(H,28,32)(H,26,27,29,30). The number of nitrogens with zero attached hydrogens (tertiary/aromatic N) is 4. The van der Waals surface area contributed by atoms with Gasteiger partial charge in [0.2, 0.25) is 5.82 Å². The number of aromatic amines is 2. The van der Waals surface area contributed by atoms with Crippen LogP contribution in [0.5, 0.6) is 0 Å². The number of carbonyl (C=O) groups is 1. The third-order valence-corrected chi connectivity index (χ3v) is 6.92. The van der Waals surface area contributed by atoms with E-state index < -0.39 is 0 Å². The summed E-state index contributed by atoms with van der Waals surface area (Å²) in [5.74, 6) is 0.793. The predicted molar refractivity (Wildman–Crippen MR) is 117 cm³/mol. The minimum Gasteiger partial charge on any atom is -0.349 e. The number of carbonyl (C=O) groups excluding carboxylic acids is 1. The van der Waals surface area contributed by atoms with Crippen LogP contribution in [0.1, 0.15) is 47.7 Å². The molecule has 0 atom stereocenters. The first-order valence-electron chi connectivity index (χ1n) is 10.7. The third kappa shape index (κ3) is 3.08. The average Bonchev–Trinajstić information content (AvgIpc) is 3.30. The molecular weight excluding hydrogens is 406 g/mol. The highest BCUT2D eigenvalue weighted by Gasteiger charge is 2.54. The highest BCUT2D eigenvalue weighted by Crippen LogP contribution is 2.62. The average molecular weight is 427 g/mol. The number of benzene rings is 2. The van der Waals surface area contributed by atoms with Gasteiger partial charge in [0, 0.05) is 28.5 Å². The number of nitrogens with one attached hydrogen (secondary N) is 3. The predicted octanol–water partition coefficient (Wildman–Crippen LogP) is 2.56. The number of rotatable bonds is 4. The monoisotopic (exact) mass is 427 g/mol. The molecule has 2 saturated carbocycles. The van der Waals surface area contributed by atoms with Crippen molar-refractivity contribution in [3.8, 4) is 11.4 Å². The van der Waals surface area contributed by atoms with Crippen LogP contribution in [0.4, 0.5) is 0 Å². The number of aromatic nitrogens is 6. The van der Waals surface area contributed by atoms with Crippen molar-refractivity contribution in [3.05, 3.63) is 70.1 Å². The second-order valence-corrected chi connectivity index (χ2v) is 8.98. The van der Waals surface area contributed by atoms with Crippen LogP contribution in [0.25, 0.3) is 22.2 Å². The maximum Gasteiger partial charge on any atom is 0.272 e. The van der Waals surface area contributed by atoms with Gasteiger partial charge in [-0.1, -0.05) is 30.3 Å². The van der Waals surface area contributed by atoms with Crippen LogP contribution in [0.2, 0.25) is 0 Å². The number of amides is 1. The van der Waals surface area contributed by atoms with Crippen molar-refractivity contribution < 1.29 is 4.79 Å². The molecule has 0 bridgehead atoms. The highest BCUT2D eigenvalue weighted by atomic mass is 16.1. The van der Waals surface area contributed by atoms with Gasteiger partial charge in [-0.2, -0.15) is 10.3 Å². The van der Waals surface area contributed by atoms with Crippen molar-refractivity contribution in [2.45, 2.75) is 37.6 Å². The molecule has 0 aliphatic heterocycles. The van der Waals surface area contributed by atoms with Gasteiger partial charge in [0.25, 0.3) is 11.5 Å². The summed E-state index contributed by atoms with van der Waals surface area (Å²) in [7, 11) is 0. The Morgan fingerprint density at radius 3 is 2.44 bits per heavy atom. The second kappa shape index (κ2) is 7.08. The summed E-state index contributed by atoms with van der Waals surface area (Å²) in [6, 6.07) is 15.0. The van der Waals surface area contributed by atoms with Crippen LogP contribution in [-0.2, 0) is 0 Å². The largest absolute Gasteiger partial charge is 0.349 e. The lowest BCUT2D eigenvalue weighted by atomic mass is 9.49. The van der Waals surface area contributed by atoms with Gasteiger partial charge < -0.3 is 5.32 Å². The number of tetrazole rings is 1. The summed E-state index contributed by atoms with van der Waals surface area (Å²) in [6.45, 7) is 0. The fraction of sp³-hybridized carbons (Fsp3) is 0.304. The molecular formula is C23H21N7O2. The quantitative estimate of drug-likeness (QED) is 0.459. The Morgan fingerprint density at radius 1 is 0.969 bits per heavy atom. The zero-order valence-electron chi connectivity index (χ0n) is 17.2. The molecule has 9 heteroatoms. The van der Waals surface area contributed by atoms with Crippen molar-refractivity contribution in [3.63, 3.8) is 0 Å². The fourth-order valence-electron chi connectivity index (χ4n) is 5.37. The summed E-state index contributed by atoms with van der Waals surface area (Å²) in [5, 5.41) is 25.7. The molecule has 2 aromatic heterocycles. The Kier molecular flexibility index (Phi) is 4.17.